The number of nitrogen functional groups attached to an aromatic ring is 1. The lowest BCUT2D eigenvalue weighted by molar-refractivity contribution is 0.300. The third-order valence-electron chi connectivity index (χ3n) is 4.91. The van der Waals surface area contributed by atoms with E-state index in [2.05, 4.69) is 32.0 Å². The summed E-state index contributed by atoms with van der Waals surface area (Å²) in [6.45, 7) is 3.15. The lowest BCUT2D eigenvalue weighted by Crippen LogP contribution is -2.21. The van der Waals surface area contributed by atoms with E-state index in [1.807, 2.05) is 30.3 Å². The molecule has 3 aromatic rings. The molecule has 0 saturated carbocycles. The van der Waals surface area contributed by atoms with Crippen LogP contribution in [0.25, 0.3) is 0 Å². The minimum Gasteiger partial charge on any atom is -0.487 e. The second-order valence-electron chi connectivity index (χ2n) is 7.03. The van der Waals surface area contributed by atoms with Crippen LogP contribution in [0.4, 0.5) is 5.95 Å². The van der Waals surface area contributed by atoms with Gasteiger partial charge in [0.15, 0.2) is 0 Å². The summed E-state index contributed by atoms with van der Waals surface area (Å²) in [5, 5.41) is 0. The zero-order chi connectivity index (χ0) is 19.3. The molecule has 1 aliphatic heterocycles. The van der Waals surface area contributed by atoms with Crippen molar-refractivity contribution in [3.63, 3.8) is 0 Å². The number of benzene rings is 1. The van der Waals surface area contributed by atoms with E-state index in [-0.39, 0.29) is 17.4 Å². The molecule has 1 fully saturated rings. The lowest BCUT2D eigenvalue weighted by atomic mass is 10.1. The van der Waals surface area contributed by atoms with Crippen LogP contribution >= 0.6 is 0 Å². The predicted octanol–water partition coefficient (Wildman–Crippen LogP) is 2.32. The summed E-state index contributed by atoms with van der Waals surface area (Å²) < 4.78 is 5.79. The van der Waals surface area contributed by atoms with Gasteiger partial charge in [-0.05, 0) is 42.8 Å². The Morgan fingerprint density at radius 1 is 1.21 bits per heavy atom. The Balaban J connectivity index is 1.31. The molecule has 3 heterocycles. The van der Waals surface area contributed by atoms with Gasteiger partial charge in [0, 0.05) is 31.3 Å². The quantitative estimate of drug-likeness (QED) is 0.684. The fourth-order valence-corrected chi connectivity index (χ4v) is 3.51. The molecular weight excluding hydrogens is 354 g/mol. The van der Waals surface area contributed by atoms with Gasteiger partial charge >= 0.3 is 0 Å². The molecule has 0 radical (unpaired) electrons. The lowest BCUT2D eigenvalue weighted by Gasteiger charge is -2.16. The summed E-state index contributed by atoms with van der Waals surface area (Å²) in [5.41, 5.74) is 8.38. The van der Waals surface area contributed by atoms with Gasteiger partial charge in [0.1, 0.15) is 12.4 Å². The van der Waals surface area contributed by atoms with Crippen molar-refractivity contribution in [2.75, 3.05) is 18.8 Å². The average Bonchev–Trinajstić information content (AvgIpc) is 3.16. The molecule has 1 saturated heterocycles. The number of nitrogens with one attached hydrogen (secondary N) is 1. The van der Waals surface area contributed by atoms with Crippen LogP contribution in [0, 0.1) is 0 Å². The molecule has 0 spiro atoms. The van der Waals surface area contributed by atoms with E-state index in [4.69, 9.17) is 10.5 Å². The molecule has 7 heteroatoms. The minimum atomic E-state index is -0.192. The molecule has 1 atom stereocenters. The predicted molar refractivity (Wildman–Crippen MR) is 107 cm³/mol. The summed E-state index contributed by atoms with van der Waals surface area (Å²) in [5.74, 6) is 1.25. The Morgan fingerprint density at radius 3 is 2.82 bits per heavy atom. The maximum Gasteiger partial charge on any atom is 0.252 e. The molecule has 0 aliphatic carbocycles. The van der Waals surface area contributed by atoms with Crippen LogP contribution in [0.15, 0.2) is 59.5 Å². The summed E-state index contributed by atoms with van der Waals surface area (Å²) in [7, 11) is 0. The maximum absolute atomic E-state index is 11.6. The third-order valence-corrected chi connectivity index (χ3v) is 4.91. The van der Waals surface area contributed by atoms with Crippen molar-refractivity contribution in [1.82, 2.24) is 19.9 Å². The number of nitrogens with zero attached hydrogens (tertiary/aromatic N) is 3. The van der Waals surface area contributed by atoms with E-state index in [0.717, 1.165) is 43.2 Å². The van der Waals surface area contributed by atoms with E-state index < -0.39 is 0 Å². The van der Waals surface area contributed by atoms with Crippen LogP contribution in [-0.4, -0.2) is 32.9 Å². The summed E-state index contributed by atoms with van der Waals surface area (Å²) in [6, 6.07) is 15.5. The highest BCUT2D eigenvalue weighted by Gasteiger charge is 2.25. The zero-order valence-corrected chi connectivity index (χ0v) is 15.5. The van der Waals surface area contributed by atoms with Gasteiger partial charge in [-0.1, -0.05) is 18.2 Å². The first-order chi connectivity index (χ1) is 13.7. The Hall–Kier alpha value is -3.19. The van der Waals surface area contributed by atoms with E-state index in [1.54, 1.807) is 12.3 Å². The van der Waals surface area contributed by atoms with Gasteiger partial charge in [-0.3, -0.25) is 19.7 Å². The van der Waals surface area contributed by atoms with Gasteiger partial charge in [0.25, 0.3) is 5.56 Å². The highest BCUT2D eigenvalue weighted by Crippen LogP contribution is 2.27. The first-order valence-electron chi connectivity index (χ1n) is 9.36. The smallest absolute Gasteiger partial charge is 0.252 e. The molecule has 0 amide bonds. The van der Waals surface area contributed by atoms with Crippen molar-refractivity contribution in [2.45, 2.75) is 25.5 Å². The fraction of sp³-hybridized carbons (Fsp3) is 0.286. The number of aromatic amines is 1. The number of ether oxygens (including phenoxy) is 1. The van der Waals surface area contributed by atoms with Crippen LogP contribution in [0.2, 0.25) is 0 Å². The van der Waals surface area contributed by atoms with E-state index in [0.29, 0.717) is 6.61 Å². The monoisotopic (exact) mass is 377 g/mol. The van der Waals surface area contributed by atoms with Gasteiger partial charge in [-0.15, -0.1) is 0 Å². The number of likely N-dealkylation sites (tertiary alicyclic amines) is 1. The number of rotatable bonds is 6. The van der Waals surface area contributed by atoms with Crippen molar-refractivity contribution in [1.29, 1.82) is 0 Å². The number of hydrogen-bond acceptors (Lipinski definition) is 6. The molecule has 4 rings (SSSR count). The number of aromatic nitrogens is 3. The summed E-state index contributed by atoms with van der Waals surface area (Å²) in [4.78, 5) is 25.0. The molecule has 0 bridgehead atoms. The topological polar surface area (TPSA) is 97.1 Å². The van der Waals surface area contributed by atoms with Crippen LogP contribution in [0.1, 0.15) is 29.3 Å². The van der Waals surface area contributed by atoms with Gasteiger partial charge in [0.05, 0.1) is 11.4 Å². The van der Waals surface area contributed by atoms with Gasteiger partial charge < -0.3 is 10.5 Å². The molecule has 1 aromatic carbocycles. The number of anilines is 1. The highest BCUT2D eigenvalue weighted by atomic mass is 16.5. The second kappa shape index (κ2) is 8.22. The average molecular weight is 377 g/mol. The molecule has 3 N–H and O–H groups in total. The second-order valence-corrected chi connectivity index (χ2v) is 7.03. The Morgan fingerprint density at radius 2 is 2.07 bits per heavy atom. The molecule has 1 aliphatic rings. The summed E-state index contributed by atoms with van der Waals surface area (Å²) >= 11 is 0. The van der Waals surface area contributed by atoms with Crippen LogP contribution in [0.5, 0.6) is 5.75 Å². The largest absolute Gasteiger partial charge is 0.487 e. The number of hydrogen-bond donors (Lipinski definition) is 2. The van der Waals surface area contributed by atoms with Crippen molar-refractivity contribution in [3.8, 4) is 5.75 Å². The molecule has 2 aromatic heterocycles. The minimum absolute atomic E-state index is 0.183. The fourth-order valence-electron chi connectivity index (χ4n) is 3.51. The number of pyridine rings is 1. The number of H-pyrrole nitrogens is 1. The van der Waals surface area contributed by atoms with Crippen LogP contribution < -0.4 is 16.0 Å². The first-order valence-corrected chi connectivity index (χ1v) is 9.36. The number of nitrogens with two attached hydrogens (primary N) is 1. The highest BCUT2D eigenvalue weighted by molar-refractivity contribution is 5.28. The molecule has 28 heavy (non-hydrogen) atoms. The SMILES string of the molecule is Nc1nc(C2CCN(Cc3ccc(OCc4ccccn4)cc3)C2)cc(=O)[nH]1. The zero-order valence-electron chi connectivity index (χ0n) is 15.5. The first kappa shape index (κ1) is 18.2. The Bertz CT molecular complexity index is 972. The Kier molecular flexibility index (Phi) is 5.34. The van der Waals surface area contributed by atoms with Crippen molar-refractivity contribution in [3.05, 3.63) is 82.0 Å². The van der Waals surface area contributed by atoms with Crippen LogP contribution in [-0.2, 0) is 13.2 Å². The molecule has 1 unspecified atom stereocenters. The van der Waals surface area contributed by atoms with Crippen molar-refractivity contribution < 1.29 is 4.74 Å². The third kappa shape index (κ3) is 4.55. The van der Waals surface area contributed by atoms with Gasteiger partial charge in [0.2, 0.25) is 5.95 Å². The molecule has 7 nitrogen and oxygen atoms in total. The summed E-state index contributed by atoms with van der Waals surface area (Å²) in [6.07, 6.45) is 2.74. The van der Waals surface area contributed by atoms with Gasteiger partial charge in [-0.25, -0.2) is 4.98 Å². The van der Waals surface area contributed by atoms with Crippen molar-refractivity contribution in [2.24, 2.45) is 0 Å². The van der Waals surface area contributed by atoms with Crippen molar-refractivity contribution >= 4 is 5.95 Å². The van der Waals surface area contributed by atoms with E-state index in [1.165, 1.54) is 5.56 Å². The Labute approximate surface area is 163 Å². The van der Waals surface area contributed by atoms with E-state index >= 15 is 0 Å². The normalized spacial score (nSPS) is 16.9. The van der Waals surface area contributed by atoms with E-state index in [9.17, 15) is 4.79 Å². The van der Waals surface area contributed by atoms with Crippen LogP contribution in [0.3, 0.4) is 0 Å². The molecular formula is C21H23N5O2. The molecule has 144 valence electrons. The van der Waals surface area contributed by atoms with Gasteiger partial charge in [-0.2, -0.15) is 0 Å². The standard InChI is InChI=1S/C21H23N5O2/c22-21-24-19(11-20(27)25-21)16-8-10-26(13-16)12-15-4-6-18(7-5-15)28-14-17-3-1-2-9-23-17/h1-7,9,11,16H,8,10,12-14H2,(H3,22,24,25,27). The maximum atomic E-state index is 11.6.